The normalized spacial score (nSPS) is 26.7. The highest BCUT2D eigenvalue weighted by Gasteiger charge is 2.34. The van der Waals surface area contributed by atoms with E-state index in [0.29, 0.717) is 6.04 Å². The van der Waals surface area contributed by atoms with Gasteiger partial charge in [0.1, 0.15) is 0 Å². The van der Waals surface area contributed by atoms with Crippen LogP contribution in [0.25, 0.3) is 0 Å². The number of ether oxygens (including phenoxy) is 1. The summed E-state index contributed by atoms with van der Waals surface area (Å²) >= 11 is 0. The highest BCUT2D eigenvalue weighted by molar-refractivity contribution is 5.73. The molecule has 88 valence electrons. The second kappa shape index (κ2) is 6.08. The summed E-state index contributed by atoms with van der Waals surface area (Å²) < 4.78 is 4.87. The van der Waals surface area contributed by atoms with Gasteiger partial charge in [-0.1, -0.05) is 13.8 Å². The summed E-state index contributed by atoms with van der Waals surface area (Å²) in [6.07, 6.45) is 0.883. The summed E-state index contributed by atoms with van der Waals surface area (Å²) in [5.74, 6) is -0.0236. The van der Waals surface area contributed by atoms with Crippen molar-refractivity contribution in [3.05, 3.63) is 0 Å². The Balaban J connectivity index is 2.68. The van der Waals surface area contributed by atoms with Crippen molar-refractivity contribution in [2.24, 2.45) is 5.92 Å². The molecule has 2 atom stereocenters. The Bertz CT molecular complexity index is 205. The lowest BCUT2D eigenvalue weighted by molar-refractivity contribution is -0.149. The lowest BCUT2D eigenvalue weighted by atomic mass is 9.91. The average Bonchev–Trinajstić information content (AvgIpc) is 2.30. The van der Waals surface area contributed by atoms with Crippen molar-refractivity contribution in [1.82, 2.24) is 10.2 Å². The molecule has 0 aromatic heterocycles. The number of carbonyl (C=O) groups excluding carboxylic acids is 1. The van der Waals surface area contributed by atoms with E-state index >= 15 is 0 Å². The monoisotopic (exact) mass is 214 g/mol. The molecule has 0 aromatic rings. The number of hydrogen-bond donors (Lipinski definition) is 1. The smallest absolute Gasteiger partial charge is 0.310 e. The van der Waals surface area contributed by atoms with Crippen LogP contribution >= 0.6 is 0 Å². The molecule has 0 amide bonds. The minimum absolute atomic E-state index is 0.0381. The molecule has 0 aromatic carbocycles. The van der Waals surface area contributed by atoms with Crippen molar-refractivity contribution in [3.8, 4) is 0 Å². The second-order valence-corrected chi connectivity index (χ2v) is 3.91. The number of rotatable bonds is 4. The topological polar surface area (TPSA) is 41.6 Å². The number of piperidine rings is 1. The summed E-state index contributed by atoms with van der Waals surface area (Å²) in [5.41, 5.74) is 0. The quantitative estimate of drug-likeness (QED) is 0.691. The first kappa shape index (κ1) is 12.5. The van der Waals surface area contributed by atoms with Gasteiger partial charge in [0, 0.05) is 12.6 Å². The Morgan fingerprint density at radius 3 is 2.67 bits per heavy atom. The first-order chi connectivity index (χ1) is 7.24. The molecule has 2 unspecified atom stereocenters. The second-order valence-electron chi connectivity index (χ2n) is 3.91. The van der Waals surface area contributed by atoms with Crippen LogP contribution in [0.15, 0.2) is 0 Å². The number of hydrogen-bond acceptors (Lipinski definition) is 4. The van der Waals surface area contributed by atoms with E-state index in [1.54, 1.807) is 0 Å². The van der Waals surface area contributed by atoms with Gasteiger partial charge in [0.05, 0.1) is 13.0 Å². The molecular formula is C11H22N2O2. The van der Waals surface area contributed by atoms with Crippen molar-refractivity contribution in [3.63, 3.8) is 0 Å². The number of nitrogens with one attached hydrogen (secondary N) is 1. The zero-order chi connectivity index (χ0) is 11.3. The third-order valence-corrected chi connectivity index (χ3v) is 3.24. The number of esters is 1. The largest absolute Gasteiger partial charge is 0.469 e. The van der Waals surface area contributed by atoms with Crippen molar-refractivity contribution in [2.45, 2.75) is 26.3 Å². The Morgan fingerprint density at radius 1 is 1.47 bits per heavy atom. The van der Waals surface area contributed by atoms with Gasteiger partial charge in [0.2, 0.25) is 0 Å². The van der Waals surface area contributed by atoms with E-state index in [2.05, 4.69) is 24.1 Å². The van der Waals surface area contributed by atoms with E-state index in [0.717, 1.165) is 32.6 Å². The molecule has 1 fully saturated rings. The molecule has 0 bridgehead atoms. The maximum atomic E-state index is 11.6. The standard InChI is InChI=1S/C11H22N2O2/c1-4-13(5-2)10-8-12-7-6-9(10)11(14)15-3/h9-10,12H,4-8H2,1-3H3. The van der Waals surface area contributed by atoms with Crippen LogP contribution in [0.5, 0.6) is 0 Å². The summed E-state index contributed by atoms with van der Waals surface area (Å²) in [7, 11) is 1.48. The lowest BCUT2D eigenvalue weighted by Crippen LogP contribution is -2.53. The fourth-order valence-electron chi connectivity index (χ4n) is 2.34. The van der Waals surface area contributed by atoms with Gasteiger partial charge in [-0.15, -0.1) is 0 Å². The highest BCUT2D eigenvalue weighted by atomic mass is 16.5. The van der Waals surface area contributed by atoms with Gasteiger partial charge < -0.3 is 10.1 Å². The van der Waals surface area contributed by atoms with Crippen LogP contribution in [0.3, 0.4) is 0 Å². The van der Waals surface area contributed by atoms with E-state index < -0.39 is 0 Å². The van der Waals surface area contributed by atoms with Crippen molar-refractivity contribution < 1.29 is 9.53 Å². The summed E-state index contributed by atoms with van der Waals surface area (Å²) in [6.45, 7) is 8.03. The molecule has 4 nitrogen and oxygen atoms in total. The van der Waals surface area contributed by atoms with Gasteiger partial charge >= 0.3 is 5.97 Å². The zero-order valence-corrected chi connectivity index (χ0v) is 9.95. The molecule has 0 saturated carbocycles. The number of nitrogens with zero attached hydrogens (tertiary/aromatic N) is 1. The van der Waals surface area contributed by atoms with Gasteiger partial charge in [0.15, 0.2) is 0 Å². The first-order valence-corrected chi connectivity index (χ1v) is 5.77. The molecule has 4 heteroatoms. The fraction of sp³-hybridized carbons (Fsp3) is 0.909. The third kappa shape index (κ3) is 2.92. The molecule has 1 aliphatic heterocycles. The molecule has 0 radical (unpaired) electrons. The maximum absolute atomic E-state index is 11.6. The van der Waals surface area contributed by atoms with Gasteiger partial charge in [-0.25, -0.2) is 0 Å². The predicted octanol–water partition coefficient (Wildman–Crippen LogP) is 0.479. The average molecular weight is 214 g/mol. The molecule has 1 N–H and O–H groups in total. The van der Waals surface area contributed by atoms with Gasteiger partial charge in [0.25, 0.3) is 0 Å². The molecule has 1 heterocycles. The summed E-state index contributed by atoms with van der Waals surface area (Å²) in [5, 5.41) is 3.34. The van der Waals surface area contributed by atoms with Crippen molar-refractivity contribution in [1.29, 1.82) is 0 Å². The van der Waals surface area contributed by atoms with E-state index in [1.165, 1.54) is 7.11 Å². The Morgan fingerprint density at radius 2 is 2.13 bits per heavy atom. The SMILES string of the molecule is CCN(CC)C1CNCCC1C(=O)OC. The van der Waals surface area contributed by atoms with Crippen LogP contribution in [0, 0.1) is 5.92 Å². The molecule has 0 spiro atoms. The van der Waals surface area contributed by atoms with Crippen LogP contribution in [0.4, 0.5) is 0 Å². The fourth-order valence-corrected chi connectivity index (χ4v) is 2.34. The molecule has 0 aliphatic carbocycles. The Kier molecular flexibility index (Phi) is 5.05. The van der Waals surface area contributed by atoms with E-state index in [-0.39, 0.29) is 11.9 Å². The molecule has 1 saturated heterocycles. The third-order valence-electron chi connectivity index (χ3n) is 3.24. The molecule has 1 rings (SSSR count). The first-order valence-electron chi connectivity index (χ1n) is 5.77. The number of methoxy groups -OCH3 is 1. The number of carbonyl (C=O) groups is 1. The van der Waals surface area contributed by atoms with Crippen molar-refractivity contribution >= 4 is 5.97 Å². The zero-order valence-electron chi connectivity index (χ0n) is 9.95. The van der Waals surface area contributed by atoms with Gasteiger partial charge in [-0.3, -0.25) is 9.69 Å². The predicted molar refractivity (Wildman–Crippen MR) is 59.7 cm³/mol. The van der Waals surface area contributed by atoms with Crippen LogP contribution in [0.2, 0.25) is 0 Å². The van der Waals surface area contributed by atoms with Crippen LogP contribution < -0.4 is 5.32 Å². The molecular weight excluding hydrogens is 192 g/mol. The summed E-state index contributed by atoms with van der Waals surface area (Å²) in [6, 6.07) is 0.293. The molecule has 15 heavy (non-hydrogen) atoms. The Labute approximate surface area is 92.0 Å². The minimum Gasteiger partial charge on any atom is -0.469 e. The Hall–Kier alpha value is -0.610. The van der Waals surface area contributed by atoms with Gasteiger partial charge in [-0.05, 0) is 26.1 Å². The summed E-state index contributed by atoms with van der Waals surface area (Å²) in [4.78, 5) is 14.0. The lowest BCUT2D eigenvalue weighted by Gasteiger charge is -2.37. The van der Waals surface area contributed by atoms with Crippen LogP contribution in [-0.4, -0.2) is 50.2 Å². The van der Waals surface area contributed by atoms with Crippen LogP contribution in [0.1, 0.15) is 20.3 Å². The highest BCUT2D eigenvalue weighted by Crippen LogP contribution is 2.19. The van der Waals surface area contributed by atoms with E-state index in [4.69, 9.17) is 4.74 Å². The van der Waals surface area contributed by atoms with E-state index in [9.17, 15) is 4.79 Å². The number of likely N-dealkylation sites (N-methyl/N-ethyl adjacent to an activating group) is 1. The van der Waals surface area contributed by atoms with Crippen molar-refractivity contribution in [2.75, 3.05) is 33.3 Å². The van der Waals surface area contributed by atoms with E-state index in [1.807, 2.05) is 0 Å². The molecule has 1 aliphatic rings. The van der Waals surface area contributed by atoms with Crippen LogP contribution in [-0.2, 0) is 9.53 Å². The van der Waals surface area contributed by atoms with Gasteiger partial charge in [-0.2, -0.15) is 0 Å². The minimum atomic E-state index is -0.0617. The maximum Gasteiger partial charge on any atom is 0.310 e.